The molecule has 0 saturated heterocycles. The first-order valence-electron chi connectivity index (χ1n) is 7.02. The number of carbonyl (C=O) groups excluding carboxylic acids is 1. The van der Waals surface area contributed by atoms with Crippen molar-refractivity contribution in [1.82, 2.24) is 5.32 Å². The first kappa shape index (κ1) is 12.7. The van der Waals surface area contributed by atoms with Crippen molar-refractivity contribution in [2.75, 3.05) is 0 Å². The molecule has 0 saturated carbocycles. The summed E-state index contributed by atoms with van der Waals surface area (Å²) >= 11 is 0. The van der Waals surface area contributed by atoms with Gasteiger partial charge in [0.1, 0.15) is 5.76 Å². The number of carbonyl (C=O) groups is 1. The van der Waals surface area contributed by atoms with E-state index in [2.05, 4.69) is 11.4 Å². The second-order valence-electron chi connectivity index (χ2n) is 5.39. The summed E-state index contributed by atoms with van der Waals surface area (Å²) in [6.07, 6.45) is 1.56. The molecule has 0 unspecified atom stereocenters. The Balaban J connectivity index is 1.98. The van der Waals surface area contributed by atoms with Crippen LogP contribution in [0.4, 0.5) is 0 Å². The van der Waals surface area contributed by atoms with E-state index in [1.165, 1.54) is 0 Å². The maximum atomic E-state index is 12.8. The van der Waals surface area contributed by atoms with Gasteiger partial charge in [0.25, 0.3) is 0 Å². The number of hydrogen-bond acceptors (Lipinski definition) is 4. The summed E-state index contributed by atoms with van der Waals surface area (Å²) in [4.78, 5) is 12.8. The molecule has 0 spiro atoms. The number of allylic oxidation sites excluding steroid dienone is 3. The number of hydrogen-bond donors (Lipinski definition) is 1. The highest BCUT2D eigenvalue weighted by Gasteiger charge is 2.41. The Bertz CT molecular complexity index is 895. The fourth-order valence-corrected chi connectivity index (χ4v) is 3.22. The highest BCUT2D eigenvalue weighted by atomic mass is 16.3. The molecule has 1 atom stereocenters. The molecule has 1 aromatic carbocycles. The first-order valence-corrected chi connectivity index (χ1v) is 7.02. The van der Waals surface area contributed by atoms with Crippen LogP contribution >= 0.6 is 0 Å². The van der Waals surface area contributed by atoms with Crippen LogP contribution in [-0.2, 0) is 0 Å². The summed E-state index contributed by atoms with van der Waals surface area (Å²) in [5, 5.41) is 12.8. The van der Waals surface area contributed by atoms with E-state index < -0.39 is 5.92 Å². The molecule has 2 aliphatic rings. The number of ketones is 1. The zero-order valence-electron chi connectivity index (χ0n) is 11.9. The lowest BCUT2D eigenvalue weighted by Crippen LogP contribution is -2.24. The Kier molecular flexibility index (Phi) is 2.57. The zero-order chi connectivity index (χ0) is 15.3. The average molecular weight is 288 g/mol. The third-order valence-electron chi connectivity index (χ3n) is 4.20. The molecule has 2 aromatic rings. The summed E-state index contributed by atoms with van der Waals surface area (Å²) in [5.41, 5.74) is 4.22. The van der Waals surface area contributed by atoms with Crippen molar-refractivity contribution in [1.29, 1.82) is 5.26 Å². The fourth-order valence-electron chi connectivity index (χ4n) is 3.22. The standard InChI is InChI=1S/C18H12N2O2/c1-10-13(9-19)15(14-7-4-8-22-14)16-17(20-10)11-5-2-3-6-12(11)18(16)21/h2-8,15,20H,1H3/t15-/m1/s1. The van der Waals surface area contributed by atoms with Gasteiger partial charge >= 0.3 is 0 Å². The molecule has 0 radical (unpaired) electrons. The number of nitriles is 1. The number of Topliss-reactive ketones (excluding diaryl/α,β-unsaturated/α-hetero) is 1. The quantitative estimate of drug-likeness (QED) is 0.873. The molecule has 0 amide bonds. The Morgan fingerprint density at radius 3 is 2.64 bits per heavy atom. The van der Waals surface area contributed by atoms with Gasteiger partial charge in [0, 0.05) is 22.4 Å². The summed E-state index contributed by atoms with van der Waals surface area (Å²) in [6, 6.07) is 13.3. The van der Waals surface area contributed by atoms with Crippen LogP contribution in [0, 0.1) is 11.3 Å². The Morgan fingerprint density at radius 1 is 1.18 bits per heavy atom. The van der Waals surface area contributed by atoms with E-state index in [4.69, 9.17) is 4.42 Å². The molecule has 0 bridgehead atoms. The third kappa shape index (κ3) is 1.54. The predicted molar refractivity (Wildman–Crippen MR) is 80.6 cm³/mol. The van der Waals surface area contributed by atoms with E-state index in [9.17, 15) is 10.1 Å². The van der Waals surface area contributed by atoms with E-state index in [1.54, 1.807) is 12.3 Å². The maximum Gasteiger partial charge on any atom is 0.192 e. The van der Waals surface area contributed by atoms with Crippen molar-refractivity contribution >= 4 is 11.5 Å². The van der Waals surface area contributed by atoms with Gasteiger partial charge in [-0.05, 0) is 19.1 Å². The van der Waals surface area contributed by atoms with Crippen molar-refractivity contribution in [3.63, 3.8) is 0 Å². The minimum absolute atomic E-state index is 0.0419. The molecule has 1 N–H and O–H groups in total. The highest BCUT2D eigenvalue weighted by molar-refractivity contribution is 6.22. The van der Waals surface area contributed by atoms with Crippen molar-refractivity contribution in [3.05, 3.63) is 76.4 Å². The number of nitrogens with zero attached hydrogens (tertiary/aromatic N) is 1. The van der Waals surface area contributed by atoms with Gasteiger partial charge in [0.05, 0.1) is 29.5 Å². The highest BCUT2D eigenvalue weighted by Crippen LogP contribution is 2.46. The van der Waals surface area contributed by atoms with Crippen molar-refractivity contribution < 1.29 is 9.21 Å². The molecule has 0 fully saturated rings. The van der Waals surface area contributed by atoms with Crippen molar-refractivity contribution in [3.8, 4) is 6.07 Å². The van der Waals surface area contributed by atoms with Crippen LogP contribution in [0.25, 0.3) is 5.70 Å². The van der Waals surface area contributed by atoms with Crippen LogP contribution in [0.5, 0.6) is 0 Å². The Hall–Kier alpha value is -3.06. The molecule has 22 heavy (non-hydrogen) atoms. The SMILES string of the molecule is CC1=C(C#N)[C@H](c2ccco2)C2=C(N1)c1ccccc1C2=O. The van der Waals surface area contributed by atoms with Crippen LogP contribution in [-0.4, -0.2) is 5.78 Å². The smallest absolute Gasteiger partial charge is 0.192 e. The minimum atomic E-state index is -0.448. The van der Waals surface area contributed by atoms with Crippen LogP contribution in [0.15, 0.2) is 63.9 Å². The Morgan fingerprint density at radius 2 is 1.95 bits per heavy atom. The lowest BCUT2D eigenvalue weighted by molar-refractivity contribution is 0.103. The van der Waals surface area contributed by atoms with Crippen LogP contribution in [0.1, 0.15) is 34.5 Å². The molecule has 106 valence electrons. The molecule has 4 rings (SSSR count). The molecular formula is C18H12N2O2. The summed E-state index contributed by atoms with van der Waals surface area (Å²) < 4.78 is 5.51. The molecule has 1 aliphatic carbocycles. The first-order chi connectivity index (χ1) is 10.7. The van der Waals surface area contributed by atoms with Gasteiger partial charge in [-0.1, -0.05) is 24.3 Å². The van der Waals surface area contributed by atoms with Crippen LogP contribution in [0.2, 0.25) is 0 Å². The zero-order valence-corrected chi connectivity index (χ0v) is 11.9. The van der Waals surface area contributed by atoms with E-state index in [0.717, 1.165) is 17.0 Å². The van der Waals surface area contributed by atoms with Crippen molar-refractivity contribution in [2.45, 2.75) is 12.8 Å². The van der Waals surface area contributed by atoms with Gasteiger partial charge < -0.3 is 9.73 Å². The second kappa shape index (κ2) is 4.47. The summed E-state index contributed by atoms with van der Waals surface area (Å²) in [5.74, 6) is 0.127. The van der Waals surface area contributed by atoms with E-state index in [0.29, 0.717) is 22.5 Å². The fraction of sp³-hybridized carbons (Fsp3) is 0.111. The monoisotopic (exact) mass is 288 g/mol. The Labute approximate surface area is 127 Å². The predicted octanol–water partition coefficient (Wildman–Crippen LogP) is 3.37. The topological polar surface area (TPSA) is 66.0 Å². The van der Waals surface area contributed by atoms with Gasteiger partial charge in [-0.3, -0.25) is 4.79 Å². The van der Waals surface area contributed by atoms with Gasteiger partial charge in [0.15, 0.2) is 5.78 Å². The second-order valence-corrected chi connectivity index (χ2v) is 5.39. The van der Waals surface area contributed by atoms with E-state index >= 15 is 0 Å². The molecular weight excluding hydrogens is 276 g/mol. The molecule has 2 heterocycles. The van der Waals surface area contributed by atoms with Crippen LogP contribution < -0.4 is 5.32 Å². The summed E-state index contributed by atoms with van der Waals surface area (Å²) in [6.45, 7) is 1.85. The number of fused-ring (bicyclic) bond motifs is 2. The number of dihydropyridines is 1. The molecule has 4 heteroatoms. The number of benzene rings is 1. The summed E-state index contributed by atoms with van der Waals surface area (Å²) in [7, 11) is 0. The third-order valence-corrected chi connectivity index (χ3v) is 4.20. The van der Waals surface area contributed by atoms with Gasteiger partial charge in [-0.2, -0.15) is 5.26 Å². The van der Waals surface area contributed by atoms with Gasteiger partial charge in [-0.25, -0.2) is 0 Å². The van der Waals surface area contributed by atoms with Crippen LogP contribution in [0.3, 0.4) is 0 Å². The van der Waals surface area contributed by atoms with E-state index in [-0.39, 0.29) is 5.78 Å². The lowest BCUT2D eigenvalue weighted by Gasteiger charge is -2.25. The number of rotatable bonds is 1. The molecule has 1 aromatic heterocycles. The normalized spacial score (nSPS) is 19.6. The van der Waals surface area contributed by atoms with E-state index in [1.807, 2.05) is 37.3 Å². The molecule has 1 aliphatic heterocycles. The number of furan rings is 1. The lowest BCUT2D eigenvalue weighted by atomic mass is 9.84. The van der Waals surface area contributed by atoms with Gasteiger partial charge in [-0.15, -0.1) is 0 Å². The number of nitrogens with one attached hydrogen (secondary N) is 1. The average Bonchev–Trinajstić information content (AvgIpc) is 3.15. The van der Waals surface area contributed by atoms with Gasteiger partial charge in [0.2, 0.25) is 0 Å². The minimum Gasteiger partial charge on any atom is -0.468 e. The molecule has 4 nitrogen and oxygen atoms in total. The largest absolute Gasteiger partial charge is 0.468 e. The maximum absolute atomic E-state index is 12.8. The van der Waals surface area contributed by atoms with Crippen molar-refractivity contribution in [2.24, 2.45) is 0 Å².